The maximum Gasteiger partial charge on any atom is 0.0406 e. The normalized spacial score (nSPS) is 12.4. The van der Waals surface area contributed by atoms with Gasteiger partial charge < -0.3 is 5.32 Å². The predicted molar refractivity (Wildman–Crippen MR) is 82.9 cm³/mol. The summed E-state index contributed by atoms with van der Waals surface area (Å²) in [6, 6.07) is 15.1. The van der Waals surface area contributed by atoms with Crippen molar-refractivity contribution in [2.75, 3.05) is 7.05 Å². The molecule has 1 unspecified atom stereocenters. The van der Waals surface area contributed by atoms with Gasteiger partial charge in [0.05, 0.1) is 0 Å². The number of likely N-dealkylation sites (N-methyl/N-ethyl adjacent to an activating group) is 1. The van der Waals surface area contributed by atoms with Crippen LogP contribution in [-0.2, 0) is 6.42 Å². The SMILES string of the molecule is CNC(Cc1ccc(Cl)cc1)c1ccc(C)cc1C. The first-order valence-corrected chi connectivity index (χ1v) is 6.97. The molecule has 1 N–H and O–H groups in total. The topological polar surface area (TPSA) is 12.0 Å². The average molecular weight is 274 g/mol. The second-order valence-electron chi connectivity index (χ2n) is 5.03. The van der Waals surface area contributed by atoms with Gasteiger partial charge in [0.25, 0.3) is 0 Å². The molecule has 0 radical (unpaired) electrons. The van der Waals surface area contributed by atoms with E-state index >= 15 is 0 Å². The Morgan fingerprint density at radius 1 is 1.05 bits per heavy atom. The van der Waals surface area contributed by atoms with E-state index < -0.39 is 0 Å². The average Bonchev–Trinajstić information content (AvgIpc) is 2.39. The molecule has 0 fully saturated rings. The number of aryl methyl sites for hydroxylation is 2. The van der Waals surface area contributed by atoms with Gasteiger partial charge >= 0.3 is 0 Å². The molecule has 1 nitrogen and oxygen atoms in total. The molecule has 2 rings (SSSR count). The highest BCUT2D eigenvalue weighted by Crippen LogP contribution is 2.23. The zero-order valence-electron chi connectivity index (χ0n) is 11.7. The molecule has 0 heterocycles. The third-order valence-corrected chi connectivity index (χ3v) is 3.75. The van der Waals surface area contributed by atoms with Crippen molar-refractivity contribution in [1.29, 1.82) is 0 Å². The van der Waals surface area contributed by atoms with Crippen molar-refractivity contribution in [1.82, 2.24) is 5.32 Å². The molecular weight excluding hydrogens is 254 g/mol. The number of hydrogen-bond acceptors (Lipinski definition) is 1. The predicted octanol–water partition coefficient (Wildman–Crippen LogP) is 4.46. The fraction of sp³-hybridized carbons (Fsp3) is 0.294. The molecule has 19 heavy (non-hydrogen) atoms. The zero-order chi connectivity index (χ0) is 13.8. The Morgan fingerprint density at radius 3 is 2.32 bits per heavy atom. The maximum atomic E-state index is 5.93. The summed E-state index contributed by atoms with van der Waals surface area (Å²) in [6.07, 6.45) is 0.970. The molecule has 0 aliphatic rings. The van der Waals surface area contributed by atoms with Crippen LogP contribution in [0.15, 0.2) is 42.5 Å². The molecule has 0 bridgehead atoms. The maximum absolute atomic E-state index is 5.93. The molecule has 0 saturated heterocycles. The van der Waals surface area contributed by atoms with Crippen molar-refractivity contribution in [3.05, 3.63) is 69.7 Å². The lowest BCUT2D eigenvalue weighted by molar-refractivity contribution is 0.589. The van der Waals surface area contributed by atoms with Crippen molar-refractivity contribution in [3.8, 4) is 0 Å². The van der Waals surface area contributed by atoms with Crippen LogP contribution >= 0.6 is 11.6 Å². The largest absolute Gasteiger partial charge is 0.313 e. The summed E-state index contributed by atoms with van der Waals surface area (Å²) < 4.78 is 0. The zero-order valence-corrected chi connectivity index (χ0v) is 12.5. The van der Waals surface area contributed by atoms with Crippen LogP contribution in [0.25, 0.3) is 0 Å². The summed E-state index contributed by atoms with van der Waals surface area (Å²) in [6.45, 7) is 4.30. The standard InChI is InChI=1S/C17H20ClN/c1-12-4-9-16(13(2)10-12)17(19-3)11-14-5-7-15(18)8-6-14/h4-10,17,19H,11H2,1-3H3. The molecule has 0 aromatic heterocycles. The highest BCUT2D eigenvalue weighted by atomic mass is 35.5. The van der Waals surface area contributed by atoms with Crippen LogP contribution in [0.4, 0.5) is 0 Å². The molecule has 1 atom stereocenters. The van der Waals surface area contributed by atoms with Gasteiger partial charge in [-0.3, -0.25) is 0 Å². The van der Waals surface area contributed by atoms with Gasteiger partial charge in [-0.2, -0.15) is 0 Å². The van der Waals surface area contributed by atoms with Crippen molar-refractivity contribution < 1.29 is 0 Å². The third kappa shape index (κ3) is 3.59. The minimum atomic E-state index is 0.335. The second-order valence-corrected chi connectivity index (χ2v) is 5.47. The van der Waals surface area contributed by atoms with E-state index in [9.17, 15) is 0 Å². The highest BCUT2D eigenvalue weighted by Gasteiger charge is 2.12. The minimum absolute atomic E-state index is 0.335. The van der Waals surface area contributed by atoms with Gasteiger partial charge in [-0.25, -0.2) is 0 Å². The van der Waals surface area contributed by atoms with E-state index in [1.807, 2.05) is 19.2 Å². The quantitative estimate of drug-likeness (QED) is 0.867. The van der Waals surface area contributed by atoms with E-state index in [2.05, 4.69) is 49.5 Å². The molecule has 0 saturated carbocycles. The summed E-state index contributed by atoms with van der Waals surface area (Å²) in [7, 11) is 2.01. The Kier molecular flexibility index (Phi) is 4.62. The summed E-state index contributed by atoms with van der Waals surface area (Å²) in [5.74, 6) is 0. The first kappa shape index (κ1) is 14.1. The first-order chi connectivity index (χ1) is 9.10. The number of hydrogen-bond donors (Lipinski definition) is 1. The van der Waals surface area contributed by atoms with E-state index in [1.54, 1.807) is 0 Å². The highest BCUT2D eigenvalue weighted by molar-refractivity contribution is 6.30. The Balaban J connectivity index is 2.22. The molecule has 0 spiro atoms. The van der Waals surface area contributed by atoms with Gasteiger partial charge in [-0.05, 0) is 56.1 Å². The van der Waals surface area contributed by atoms with Crippen LogP contribution in [0.1, 0.15) is 28.3 Å². The third-order valence-electron chi connectivity index (χ3n) is 3.50. The molecule has 0 aliphatic heterocycles. The number of rotatable bonds is 4. The van der Waals surface area contributed by atoms with Crippen LogP contribution in [0.2, 0.25) is 5.02 Å². The van der Waals surface area contributed by atoms with Crippen LogP contribution in [-0.4, -0.2) is 7.05 Å². The van der Waals surface area contributed by atoms with Crippen LogP contribution in [0, 0.1) is 13.8 Å². The van der Waals surface area contributed by atoms with Crippen molar-refractivity contribution >= 4 is 11.6 Å². The Labute approximate surface area is 120 Å². The molecule has 0 aliphatic carbocycles. The van der Waals surface area contributed by atoms with Crippen molar-refractivity contribution in [2.45, 2.75) is 26.3 Å². The smallest absolute Gasteiger partial charge is 0.0406 e. The van der Waals surface area contributed by atoms with Crippen LogP contribution in [0.3, 0.4) is 0 Å². The van der Waals surface area contributed by atoms with Crippen LogP contribution in [0.5, 0.6) is 0 Å². The van der Waals surface area contributed by atoms with Gasteiger partial charge in [0.1, 0.15) is 0 Å². The van der Waals surface area contributed by atoms with Gasteiger partial charge in [0.15, 0.2) is 0 Å². The summed E-state index contributed by atoms with van der Waals surface area (Å²) in [5.41, 5.74) is 5.31. The van der Waals surface area contributed by atoms with E-state index in [1.165, 1.54) is 22.3 Å². The second kappa shape index (κ2) is 6.23. The van der Waals surface area contributed by atoms with Gasteiger partial charge in [-0.15, -0.1) is 0 Å². The first-order valence-electron chi connectivity index (χ1n) is 6.59. The van der Waals surface area contributed by atoms with Gasteiger partial charge in [0, 0.05) is 11.1 Å². The number of nitrogens with one attached hydrogen (secondary N) is 1. The number of halogens is 1. The summed E-state index contributed by atoms with van der Waals surface area (Å²) in [4.78, 5) is 0. The lowest BCUT2D eigenvalue weighted by Gasteiger charge is -2.19. The van der Waals surface area contributed by atoms with Gasteiger partial charge in [-0.1, -0.05) is 47.5 Å². The van der Waals surface area contributed by atoms with E-state index in [0.29, 0.717) is 6.04 Å². The van der Waals surface area contributed by atoms with Gasteiger partial charge in [0.2, 0.25) is 0 Å². The summed E-state index contributed by atoms with van der Waals surface area (Å²) in [5, 5.41) is 4.20. The number of benzene rings is 2. The minimum Gasteiger partial charge on any atom is -0.313 e. The molecule has 100 valence electrons. The van der Waals surface area contributed by atoms with E-state index in [-0.39, 0.29) is 0 Å². The lowest BCUT2D eigenvalue weighted by Crippen LogP contribution is -2.19. The molecule has 2 aromatic carbocycles. The summed E-state index contributed by atoms with van der Waals surface area (Å²) >= 11 is 5.93. The fourth-order valence-electron chi connectivity index (χ4n) is 2.44. The Bertz CT molecular complexity index is 546. The van der Waals surface area contributed by atoms with E-state index in [4.69, 9.17) is 11.6 Å². The van der Waals surface area contributed by atoms with Crippen molar-refractivity contribution in [2.24, 2.45) is 0 Å². The lowest BCUT2D eigenvalue weighted by atomic mass is 9.94. The fourth-order valence-corrected chi connectivity index (χ4v) is 2.57. The molecule has 0 amide bonds. The Morgan fingerprint density at radius 2 is 1.74 bits per heavy atom. The molecule has 2 aromatic rings. The molecular formula is C17H20ClN. The van der Waals surface area contributed by atoms with Crippen molar-refractivity contribution in [3.63, 3.8) is 0 Å². The van der Waals surface area contributed by atoms with Crippen LogP contribution < -0.4 is 5.32 Å². The Hall–Kier alpha value is -1.31. The molecule has 2 heteroatoms. The van der Waals surface area contributed by atoms with E-state index in [0.717, 1.165) is 11.4 Å². The monoisotopic (exact) mass is 273 g/mol.